The van der Waals surface area contributed by atoms with Gasteiger partial charge in [-0.25, -0.2) is 9.18 Å². The summed E-state index contributed by atoms with van der Waals surface area (Å²) in [6.07, 6.45) is -1.09. The van der Waals surface area contributed by atoms with E-state index in [1.165, 1.54) is 12.1 Å². The van der Waals surface area contributed by atoms with Crippen LogP contribution in [0, 0.1) is 5.82 Å². The molecule has 0 saturated carbocycles. The van der Waals surface area contributed by atoms with E-state index in [9.17, 15) is 27.6 Å². The first kappa shape index (κ1) is 32.5. The summed E-state index contributed by atoms with van der Waals surface area (Å²) < 4.78 is 63.0. The molecule has 0 spiro atoms. The molecule has 2 amide bonds. The van der Waals surface area contributed by atoms with Gasteiger partial charge in [-0.1, -0.05) is 6.08 Å². The lowest BCUT2D eigenvalue weighted by atomic mass is 9.93. The molecule has 4 atom stereocenters. The number of carbonyl (C=O) groups excluding carboxylic acids is 2. The lowest BCUT2D eigenvalue weighted by molar-refractivity contribution is -0.138. The van der Waals surface area contributed by atoms with Gasteiger partial charge in [-0.2, -0.15) is 13.2 Å². The van der Waals surface area contributed by atoms with Crippen LogP contribution in [0.2, 0.25) is 0 Å². The SMILES string of the molecule is C[C@@H]1CN(c2cc(F)c(C3=CC4CCC(C3)N4C(=O)OC(C)(C)C)cc2NC(=O)c2c[nH]c(=O)cc2C(F)(F)F)C[C@H](C)N1C. The quantitative estimate of drug-likeness (QED) is 0.409. The maximum absolute atomic E-state index is 16.0. The Balaban J connectivity index is 1.55. The van der Waals surface area contributed by atoms with Crippen LogP contribution in [0.4, 0.5) is 33.7 Å². The van der Waals surface area contributed by atoms with E-state index in [-0.39, 0.29) is 35.4 Å². The van der Waals surface area contributed by atoms with E-state index in [0.29, 0.717) is 49.7 Å². The summed E-state index contributed by atoms with van der Waals surface area (Å²) in [7, 11) is 1.98. The van der Waals surface area contributed by atoms with Gasteiger partial charge >= 0.3 is 12.3 Å². The first-order valence-electron chi connectivity index (χ1n) is 15.1. The van der Waals surface area contributed by atoms with E-state index in [0.717, 1.165) is 6.20 Å². The number of rotatable bonds is 4. The van der Waals surface area contributed by atoms with Crippen molar-refractivity contribution in [2.45, 2.75) is 89.8 Å². The van der Waals surface area contributed by atoms with Crippen LogP contribution < -0.4 is 15.8 Å². The zero-order valence-corrected chi connectivity index (χ0v) is 26.2. The Bertz CT molecular complexity index is 1570. The summed E-state index contributed by atoms with van der Waals surface area (Å²) in [6.45, 7) is 10.4. The van der Waals surface area contributed by atoms with Gasteiger partial charge in [0, 0.05) is 49.0 Å². The van der Waals surface area contributed by atoms with Crippen LogP contribution in [0.5, 0.6) is 0 Å². The van der Waals surface area contributed by atoms with Gasteiger partial charge in [0.1, 0.15) is 11.4 Å². The van der Waals surface area contributed by atoms with Crippen molar-refractivity contribution in [2.75, 3.05) is 30.4 Å². The number of aromatic amines is 1. The van der Waals surface area contributed by atoms with E-state index < -0.39 is 46.3 Å². The van der Waals surface area contributed by atoms with Gasteiger partial charge in [-0.3, -0.25) is 19.4 Å². The number of nitrogens with zero attached hydrogens (tertiary/aromatic N) is 3. The minimum absolute atomic E-state index is 0.0755. The average Bonchev–Trinajstić information content (AvgIpc) is 3.20. The molecule has 0 radical (unpaired) electrons. The minimum Gasteiger partial charge on any atom is -0.444 e. The molecule has 45 heavy (non-hydrogen) atoms. The number of benzene rings is 1. The number of H-pyrrole nitrogens is 1. The number of carbonyl (C=O) groups is 2. The van der Waals surface area contributed by atoms with E-state index in [2.05, 4.69) is 15.2 Å². The van der Waals surface area contributed by atoms with Crippen LogP contribution in [0.25, 0.3) is 5.57 Å². The number of likely N-dealkylation sites (N-methyl/N-ethyl adjacent to an activating group) is 1. The number of aromatic nitrogens is 1. The van der Waals surface area contributed by atoms with Crippen molar-refractivity contribution in [3.8, 4) is 0 Å². The van der Waals surface area contributed by atoms with Gasteiger partial charge in [0.25, 0.3) is 5.91 Å². The number of anilines is 2. The predicted octanol–water partition coefficient (Wildman–Crippen LogP) is 5.87. The molecule has 5 rings (SSSR count). The second-order valence-corrected chi connectivity index (χ2v) is 13.3. The standard InChI is InChI=1S/C32H39F4N5O4/c1-17-15-40(16-18(2)39(17)6)27-13-25(33)22(19-9-20-7-8-21(10-19)41(20)30(44)45-31(3,4)5)11-26(27)38-29(43)23-14-37-28(42)12-24(23)32(34,35)36/h9,11-14,17-18,20-21H,7-8,10,15-16H2,1-6H3,(H,37,42)(H,38,43)/t17-,18+,20?,21?. The maximum Gasteiger partial charge on any atom is 0.417 e. The topological polar surface area (TPSA) is 98.0 Å². The number of pyridine rings is 1. The molecule has 4 heterocycles. The zero-order valence-electron chi connectivity index (χ0n) is 26.2. The van der Waals surface area contributed by atoms with Gasteiger partial charge in [-0.15, -0.1) is 0 Å². The van der Waals surface area contributed by atoms with E-state index in [1.807, 2.05) is 31.9 Å². The molecule has 2 saturated heterocycles. The van der Waals surface area contributed by atoms with Crippen molar-refractivity contribution < 1.29 is 31.9 Å². The highest BCUT2D eigenvalue weighted by molar-refractivity contribution is 6.07. The molecule has 244 valence electrons. The highest BCUT2D eigenvalue weighted by Crippen LogP contribution is 2.42. The molecule has 3 aliphatic heterocycles. The summed E-state index contributed by atoms with van der Waals surface area (Å²) in [6, 6.07) is 2.75. The van der Waals surface area contributed by atoms with Crippen LogP contribution in [0.3, 0.4) is 0 Å². The van der Waals surface area contributed by atoms with Crippen molar-refractivity contribution in [3.05, 3.63) is 63.3 Å². The first-order chi connectivity index (χ1) is 20.9. The number of ether oxygens (including phenoxy) is 1. The Kier molecular flexibility index (Phi) is 8.54. The van der Waals surface area contributed by atoms with Crippen molar-refractivity contribution >= 4 is 28.9 Å². The summed E-state index contributed by atoms with van der Waals surface area (Å²) in [5.41, 5.74) is -2.49. The fraction of sp³-hybridized carbons (Fsp3) is 0.531. The molecule has 2 N–H and O–H groups in total. The smallest absolute Gasteiger partial charge is 0.417 e. The number of alkyl halides is 3. The number of hydrogen-bond donors (Lipinski definition) is 2. The third kappa shape index (κ3) is 6.73. The van der Waals surface area contributed by atoms with E-state index in [1.54, 1.807) is 25.7 Å². The molecular weight excluding hydrogens is 594 g/mol. The fourth-order valence-electron chi connectivity index (χ4n) is 6.48. The number of fused-ring (bicyclic) bond motifs is 2. The van der Waals surface area contributed by atoms with Crippen LogP contribution in [-0.2, 0) is 10.9 Å². The number of nitrogens with one attached hydrogen (secondary N) is 2. The van der Waals surface area contributed by atoms with E-state index in [4.69, 9.17) is 4.74 Å². The maximum atomic E-state index is 16.0. The van der Waals surface area contributed by atoms with Crippen LogP contribution >= 0.6 is 0 Å². The van der Waals surface area contributed by atoms with Crippen molar-refractivity contribution in [1.82, 2.24) is 14.8 Å². The van der Waals surface area contributed by atoms with Gasteiger partial charge in [0.05, 0.1) is 28.5 Å². The molecule has 13 heteroatoms. The Morgan fingerprint density at radius 3 is 2.31 bits per heavy atom. The molecule has 2 fully saturated rings. The molecular formula is C32H39F4N5O4. The highest BCUT2D eigenvalue weighted by Gasteiger charge is 2.42. The highest BCUT2D eigenvalue weighted by atomic mass is 19.4. The Labute approximate surface area is 259 Å². The Hall–Kier alpha value is -3.87. The van der Waals surface area contributed by atoms with Gasteiger partial charge < -0.3 is 19.9 Å². The molecule has 2 bridgehead atoms. The Morgan fingerprint density at radius 2 is 1.71 bits per heavy atom. The van der Waals surface area contributed by atoms with Crippen LogP contribution in [0.15, 0.2) is 35.3 Å². The van der Waals surface area contributed by atoms with Crippen molar-refractivity contribution in [3.63, 3.8) is 0 Å². The third-order valence-corrected chi connectivity index (χ3v) is 8.85. The molecule has 1 aromatic carbocycles. The first-order valence-corrected chi connectivity index (χ1v) is 15.1. The predicted molar refractivity (Wildman–Crippen MR) is 163 cm³/mol. The molecule has 9 nitrogen and oxygen atoms in total. The van der Waals surface area contributed by atoms with Gasteiger partial charge in [0.15, 0.2) is 0 Å². The van der Waals surface area contributed by atoms with Crippen molar-refractivity contribution in [1.29, 1.82) is 0 Å². The number of hydrogen-bond acceptors (Lipinski definition) is 6. The second-order valence-electron chi connectivity index (χ2n) is 13.3. The normalized spacial score (nSPS) is 24.0. The summed E-state index contributed by atoms with van der Waals surface area (Å²) in [5.74, 6) is -1.64. The number of piperazine rings is 1. The van der Waals surface area contributed by atoms with Gasteiger partial charge in [0.2, 0.25) is 5.56 Å². The van der Waals surface area contributed by atoms with E-state index >= 15 is 4.39 Å². The third-order valence-electron chi connectivity index (χ3n) is 8.85. The Morgan fingerprint density at radius 1 is 1.04 bits per heavy atom. The summed E-state index contributed by atoms with van der Waals surface area (Å²) in [4.78, 5) is 46.0. The van der Waals surface area contributed by atoms with Crippen LogP contribution in [-0.4, -0.2) is 76.7 Å². The average molecular weight is 634 g/mol. The molecule has 2 aromatic rings. The fourth-order valence-corrected chi connectivity index (χ4v) is 6.48. The minimum atomic E-state index is -4.95. The molecule has 2 unspecified atom stereocenters. The van der Waals surface area contributed by atoms with Gasteiger partial charge in [-0.05, 0) is 78.6 Å². The lowest BCUT2D eigenvalue weighted by Crippen LogP contribution is -2.55. The van der Waals surface area contributed by atoms with Crippen molar-refractivity contribution in [2.24, 2.45) is 0 Å². The summed E-state index contributed by atoms with van der Waals surface area (Å²) >= 11 is 0. The number of amides is 2. The lowest BCUT2D eigenvalue weighted by Gasteiger charge is -2.44. The largest absolute Gasteiger partial charge is 0.444 e. The molecule has 1 aromatic heterocycles. The van der Waals surface area contributed by atoms with Crippen LogP contribution in [0.1, 0.15) is 75.4 Å². The summed E-state index contributed by atoms with van der Waals surface area (Å²) in [5, 5.41) is 2.60. The molecule has 0 aliphatic carbocycles. The number of halogens is 4. The monoisotopic (exact) mass is 633 g/mol. The molecule has 3 aliphatic rings. The second kappa shape index (κ2) is 11.8. The zero-order chi connectivity index (χ0) is 33.0.